The molecule has 0 fully saturated rings. The van der Waals surface area contributed by atoms with E-state index in [2.05, 4.69) is 41.2 Å². The maximum absolute atomic E-state index is 12.5. The van der Waals surface area contributed by atoms with Gasteiger partial charge in [-0.05, 0) is 30.8 Å². The van der Waals surface area contributed by atoms with E-state index in [0.29, 0.717) is 12.3 Å². The summed E-state index contributed by atoms with van der Waals surface area (Å²) in [5, 5.41) is 3.87. The Bertz CT molecular complexity index is 889. The number of rotatable bonds is 10. The second-order valence-electron chi connectivity index (χ2n) is 6.70. The van der Waals surface area contributed by atoms with E-state index in [4.69, 9.17) is 4.42 Å². The fourth-order valence-electron chi connectivity index (χ4n) is 3.35. The van der Waals surface area contributed by atoms with Crippen molar-refractivity contribution < 1.29 is 9.21 Å². The molecular weight excluding hydrogens is 384 g/mol. The lowest BCUT2D eigenvalue weighted by Gasteiger charge is -2.28. The number of hydrogen-bond acceptors (Lipinski definition) is 5. The van der Waals surface area contributed by atoms with Gasteiger partial charge in [-0.15, -0.1) is 0 Å². The van der Waals surface area contributed by atoms with Crippen LogP contribution in [0.3, 0.4) is 0 Å². The SMILES string of the molecule is CCN(CC)C(CNC(=O)CSc1ncc(-c2ccccc2)n1C)c1ccco1. The van der Waals surface area contributed by atoms with Crippen molar-refractivity contribution in [2.45, 2.75) is 25.0 Å². The van der Waals surface area contributed by atoms with Crippen molar-refractivity contribution in [2.24, 2.45) is 7.05 Å². The Morgan fingerprint density at radius 1 is 1.21 bits per heavy atom. The molecule has 1 N–H and O–H groups in total. The molecule has 0 aliphatic carbocycles. The highest BCUT2D eigenvalue weighted by Gasteiger charge is 2.21. The predicted molar refractivity (Wildman–Crippen MR) is 117 cm³/mol. The number of carbonyl (C=O) groups excluding carboxylic acids is 1. The third-order valence-corrected chi connectivity index (χ3v) is 6.01. The lowest BCUT2D eigenvalue weighted by molar-refractivity contribution is -0.118. The first-order chi connectivity index (χ1) is 14.1. The highest BCUT2D eigenvalue weighted by molar-refractivity contribution is 7.99. The third kappa shape index (κ3) is 5.31. The number of furan rings is 1. The number of thioether (sulfide) groups is 1. The first-order valence-electron chi connectivity index (χ1n) is 9.88. The van der Waals surface area contributed by atoms with E-state index in [-0.39, 0.29) is 11.9 Å². The maximum Gasteiger partial charge on any atom is 0.230 e. The van der Waals surface area contributed by atoms with Crippen molar-refractivity contribution in [3.63, 3.8) is 0 Å². The van der Waals surface area contributed by atoms with Crippen molar-refractivity contribution in [3.8, 4) is 11.3 Å². The van der Waals surface area contributed by atoms with Crippen LogP contribution in [0.2, 0.25) is 0 Å². The van der Waals surface area contributed by atoms with Crippen molar-refractivity contribution in [3.05, 3.63) is 60.7 Å². The molecule has 1 atom stereocenters. The van der Waals surface area contributed by atoms with Gasteiger partial charge in [0.1, 0.15) is 5.76 Å². The molecule has 154 valence electrons. The molecule has 6 nitrogen and oxygen atoms in total. The number of likely N-dealkylation sites (N-methyl/N-ethyl adjacent to an activating group) is 1. The molecule has 7 heteroatoms. The maximum atomic E-state index is 12.5. The van der Waals surface area contributed by atoms with E-state index < -0.39 is 0 Å². The predicted octanol–water partition coefficient (Wildman–Crippen LogP) is 3.97. The van der Waals surface area contributed by atoms with Gasteiger partial charge in [-0.2, -0.15) is 0 Å². The minimum atomic E-state index is -0.0111. The van der Waals surface area contributed by atoms with Crippen LogP contribution in [-0.4, -0.2) is 45.7 Å². The lowest BCUT2D eigenvalue weighted by atomic mass is 10.2. The Labute approximate surface area is 176 Å². The zero-order chi connectivity index (χ0) is 20.6. The van der Waals surface area contributed by atoms with Crippen LogP contribution in [-0.2, 0) is 11.8 Å². The van der Waals surface area contributed by atoms with Gasteiger partial charge in [0.25, 0.3) is 0 Å². The minimum Gasteiger partial charge on any atom is -0.468 e. The summed E-state index contributed by atoms with van der Waals surface area (Å²) in [6, 6.07) is 14.0. The Morgan fingerprint density at radius 2 is 1.97 bits per heavy atom. The van der Waals surface area contributed by atoms with Gasteiger partial charge in [0.05, 0.1) is 29.9 Å². The van der Waals surface area contributed by atoms with E-state index in [0.717, 1.165) is 35.3 Å². The monoisotopic (exact) mass is 412 g/mol. The van der Waals surface area contributed by atoms with Crippen molar-refractivity contribution in [1.29, 1.82) is 0 Å². The lowest BCUT2D eigenvalue weighted by Crippen LogP contribution is -2.38. The van der Waals surface area contributed by atoms with Crippen molar-refractivity contribution in [1.82, 2.24) is 19.8 Å². The molecule has 29 heavy (non-hydrogen) atoms. The van der Waals surface area contributed by atoms with Crippen LogP contribution in [0, 0.1) is 0 Å². The summed E-state index contributed by atoms with van der Waals surface area (Å²) in [4.78, 5) is 19.2. The third-order valence-electron chi connectivity index (χ3n) is 4.96. The molecule has 0 spiro atoms. The molecule has 2 heterocycles. The molecule has 1 amide bonds. The van der Waals surface area contributed by atoms with Gasteiger partial charge in [-0.1, -0.05) is 55.9 Å². The minimum absolute atomic E-state index is 0.0111. The summed E-state index contributed by atoms with van der Waals surface area (Å²) in [5.41, 5.74) is 2.15. The normalized spacial score (nSPS) is 12.3. The van der Waals surface area contributed by atoms with Gasteiger partial charge in [-0.25, -0.2) is 4.98 Å². The van der Waals surface area contributed by atoms with Gasteiger partial charge in [0.15, 0.2) is 5.16 Å². The Hall–Kier alpha value is -2.51. The van der Waals surface area contributed by atoms with Crippen LogP contribution in [0.25, 0.3) is 11.3 Å². The summed E-state index contributed by atoms with van der Waals surface area (Å²) >= 11 is 1.44. The molecule has 0 bridgehead atoms. The number of hydrogen-bond donors (Lipinski definition) is 1. The molecule has 0 saturated carbocycles. The van der Waals surface area contributed by atoms with Gasteiger partial charge < -0.3 is 14.3 Å². The number of amides is 1. The summed E-state index contributed by atoms with van der Waals surface area (Å²) < 4.78 is 7.61. The second kappa shape index (κ2) is 10.3. The average Bonchev–Trinajstić information content (AvgIpc) is 3.40. The van der Waals surface area contributed by atoms with Crippen molar-refractivity contribution >= 4 is 17.7 Å². The van der Waals surface area contributed by atoms with E-state index in [9.17, 15) is 4.79 Å². The summed E-state index contributed by atoms with van der Waals surface area (Å²) in [6.07, 6.45) is 3.53. The molecular formula is C22H28N4O2S. The molecule has 3 aromatic rings. The summed E-state index contributed by atoms with van der Waals surface area (Å²) in [6.45, 7) is 6.53. The molecule has 0 aliphatic heterocycles. The number of aromatic nitrogens is 2. The van der Waals surface area contributed by atoms with Crippen LogP contribution in [0.4, 0.5) is 0 Å². The van der Waals surface area contributed by atoms with Crippen LogP contribution < -0.4 is 5.32 Å². The fourth-order valence-corrected chi connectivity index (χ4v) is 4.13. The van der Waals surface area contributed by atoms with E-state index in [1.807, 2.05) is 48.1 Å². The standard InChI is InChI=1S/C22H28N4O2S/c1-4-26(5-2)19(20-12-9-13-28-20)15-23-21(27)16-29-22-24-14-18(25(22)3)17-10-7-6-8-11-17/h6-14,19H,4-5,15-16H2,1-3H3,(H,23,27). The zero-order valence-electron chi connectivity index (χ0n) is 17.2. The fraction of sp³-hybridized carbons (Fsp3) is 0.364. The van der Waals surface area contributed by atoms with Crippen LogP contribution in [0.1, 0.15) is 25.6 Å². The summed E-state index contributed by atoms with van der Waals surface area (Å²) in [5.74, 6) is 1.18. The molecule has 1 aromatic carbocycles. The highest BCUT2D eigenvalue weighted by Crippen LogP contribution is 2.25. The molecule has 0 aliphatic rings. The molecule has 3 rings (SSSR count). The van der Waals surface area contributed by atoms with Crippen LogP contribution in [0.15, 0.2) is 64.5 Å². The first-order valence-corrected chi connectivity index (χ1v) is 10.9. The Balaban J connectivity index is 1.56. The summed E-state index contributed by atoms with van der Waals surface area (Å²) in [7, 11) is 1.98. The van der Waals surface area contributed by atoms with Gasteiger partial charge in [-0.3, -0.25) is 9.69 Å². The zero-order valence-corrected chi connectivity index (χ0v) is 18.0. The van der Waals surface area contributed by atoms with Crippen molar-refractivity contribution in [2.75, 3.05) is 25.4 Å². The number of carbonyl (C=O) groups is 1. The quantitative estimate of drug-likeness (QED) is 0.511. The topological polar surface area (TPSA) is 63.3 Å². The largest absolute Gasteiger partial charge is 0.468 e. The van der Waals surface area contributed by atoms with Gasteiger partial charge >= 0.3 is 0 Å². The first kappa shape index (κ1) is 21.2. The number of imidazole rings is 1. The number of nitrogens with one attached hydrogen (secondary N) is 1. The molecule has 0 saturated heterocycles. The van der Waals surface area contributed by atoms with E-state index in [1.165, 1.54) is 11.8 Å². The smallest absolute Gasteiger partial charge is 0.230 e. The highest BCUT2D eigenvalue weighted by atomic mass is 32.2. The van der Waals surface area contributed by atoms with Crippen LogP contribution in [0.5, 0.6) is 0 Å². The van der Waals surface area contributed by atoms with Gasteiger partial charge in [0.2, 0.25) is 5.91 Å². The number of nitrogens with zero attached hydrogens (tertiary/aromatic N) is 3. The number of benzene rings is 1. The van der Waals surface area contributed by atoms with E-state index in [1.54, 1.807) is 6.26 Å². The molecule has 0 radical (unpaired) electrons. The average molecular weight is 413 g/mol. The Kier molecular flexibility index (Phi) is 7.55. The van der Waals surface area contributed by atoms with Gasteiger partial charge in [0, 0.05) is 13.6 Å². The second-order valence-corrected chi connectivity index (χ2v) is 7.64. The van der Waals surface area contributed by atoms with Crippen LogP contribution >= 0.6 is 11.8 Å². The van der Waals surface area contributed by atoms with E-state index >= 15 is 0 Å². The molecule has 1 unspecified atom stereocenters. The molecule has 2 aromatic heterocycles. The Morgan fingerprint density at radius 3 is 2.62 bits per heavy atom.